The zero-order chi connectivity index (χ0) is 11.7. The highest BCUT2D eigenvalue weighted by Crippen LogP contribution is 2.35. The molecule has 0 bridgehead atoms. The second-order valence-corrected chi connectivity index (χ2v) is 5.09. The molecule has 6 heteroatoms. The lowest BCUT2D eigenvalue weighted by Gasteiger charge is -2.02. The van der Waals surface area contributed by atoms with Gasteiger partial charge in [0.15, 0.2) is 4.47 Å². The van der Waals surface area contributed by atoms with Crippen LogP contribution in [0.3, 0.4) is 0 Å². The summed E-state index contributed by atoms with van der Waals surface area (Å²) in [6.45, 7) is -0.202. The van der Waals surface area contributed by atoms with Crippen molar-refractivity contribution in [3.63, 3.8) is 0 Å². The molecule has 2 nitrogen and oxygen atoms in total. The van der Waals surface area contributed by atoms with Crippen LogP contribution in [-0.2, 0) is 6.61 Å². The molecule has 0 fully saturated rings. The molecule has 1 aromatic carbocycles. The Hall–Kier alpha value is -0.680. The van der Waals surface area contributed by atoms with E-state index in [4.69, 9.17) is 28.3 Å². The Morgan fingerprint density at radius 1 is 1.38 bits per heavy atom. The molecule has 0 aliphatic rings. The monoisotopic (exact) mass is 277 g/mol. The first-order valence-corrected chi connectivity index (χ1v) is 5.90. The maximum atomic E-state index is 13.1. The molecule has 0 unspecified atom stereocenters. The van der Waals surface area contributed by atoms with Gasteiger partial charge in [0, 0.05) is 5.56 Å². The molecule has 0 saturated carbocycles. The largest absolute Gasteiger partial charge is 0.391 e. The van der Waals surface area contributed by atoms with E-state index in [1.54, 1.807) is 0 Å². The lowest BCUT2D eigenvalue weighted by molar-refractivity contribution is 0.286. The Morgan fingerprint density at radius 3 is 2.81 bits per heavy atom. The number of aliphatic hydroxyl groups excluding tert-OH is 1. The summed E-state index contributed by atoms with van der Waals surface area (Å²) in [6, 6.07) is 3.98. The summed E-state index contributed by atoms with van der Waals surface area (Å²) in [7, 11) is 0. The van der Waals surface area contributed by atoms with Crippen LogP contribution in [0.25, 0.3) is 11.3 Å². The van der Waals surface area contributed by atoms with Crippen LogP contribution < -0.4 is 0 Å². The van der Waals surface area contributed by atoms with E-state index in [2.05, 4.69) is 4.98 Å². The quantitative estimate of drug-likeness (QED) is 0.907. The minimum absolute atomic E-state index is 0.202. The number of hydrogen-bond acceptors (Lipinski definition) is 3. The number of rotatable bonds is 2. The summed E-state index contributed by atoms with van der Waals surface area (Å²) in [5.74, 6) is -0.410. The molecule has 0 amide bonds. The average molecular weight is 278 g/mol. The summed E-state index contributed by atoms with van der Waals surface area (Å²) < 4.78 is 13.4. The predicted octanol–water partition coefficient (Wildman–Crippen LogP) is 3.75. The van der Waals surface area contributed by atoms with Crippen molar-refractivity contribution in [3.05, 3.63) is 38.4 Å². The Balaban J connectivity index is 2.61. The second-order valence-electron chi connectivity index (χ2n) is 3.02. The lowest BCUT2D eigenvalue weighted by atomic mass is 10.1. The van der Waals surface area contributed by atoms with Crippen LogP contribution >= 0.6 is 34.5 Å². The Morgan fingerprint density at radius 2 is 2.12 bits per heavy atom. The molecule has 0 radical (unpaired) electrons. The zero-order valence-electron chi connectivity index (χ0n) is 7.88. The van der Waals surface area contributed by atoms with E-state index in [-0.39, 0.29) is 6.61 Å². The fourth-order valence-corrected chi connectivity index (χ4v) is 2.55. The number of aromatic nitrogens is 1. The fraction of sp³-hybridized carbons (Fsp3) is 0.100. The molecular weight excluding hydrogens is 272 g/mol. The SMILES string of the molecule is OCc1sc(Cl)nc1-c1cc(F)ccc1Cl. The Labute approximate surface area is 105 Å². The average Bonchev–Trinajstić information content (AvgIpc) is 2.63. The van der Waals surface area contributed by atoms with Crippen molar-refractivity contribution >= 4 is 34.5 Å². The number of hydrogen-bond donors (Lipinski definition) is 1. The van der Waals surface area contributed by atoms with Gasteiger partial charge in [0.25, 0.3) is 0 Å². The minimum atomic E-state index is -0.410. The van der Waals surface area contributed by atoms with Crippen molar-refractivity contribution in [3.8, 4) is 11.3 Å². The molecule has 1 aromatic heterocycles. The number of aliphatic hydroxyl groups is 1. The molecule has 0 aliphatic heterocycles. The van der Waals surface area contributed by atoms with Crippen LogP contribution in [0, 0.1) is 5.82 Å². The van der Waals surface area contributed by atoms with E-state index in [1.165, 1.54) is 18.2 Å². The molecule has 0 aliphatic carbocycles. The third-order valence-electron chi connectivity index (χ3n) is 2.00. The van der Waals surface area contributed by atoms with Gasteiger partial charge in [-0.25, -0.2) is 9.37 Å². The highest BCUT2D eigenvalue weighted by atomic mass is 35.5. The van der Waals surface area contributed by atoms with E-state index in [0.717, 1.165) is 11.3 Å². The van der Waals surface area contributed by atoms with Gasteiger partial charge in [-0.3, -0.25) is 0 Å². The third-order valence-corrected chi connectivity index (χ3v) is 3.47. The van der Waals surface area contributed by atoms with Gasteiger partial charge >= 0.3 is 0 Å². The van der Waals surface area contributed by atoms with Crippen LogP contribution in [0.2, 0.25) is 9.49 Å². The smallest absolute Gasteiger partial charge is 0.184 e. The maximum absolute atomic E-state index is 13.1. The molecule has 0 atom stereocenters. The van der Waals surface area contributed by atoms with Crippen LogP contribution in [0.4, 0.5) is 4.39 Å². The molecule has 2 aromatic rings. The lowest BCUT2D eigenvalue weighted by Crippen LogP contribution is -1.87. The summed E-state index contributed by atoms with van der Waals surface area (Å²) >= 11 is 12.8. The number of thiazole rings is 1. The van der Waals surface area contributed by atoms with Crippen molar-refractivity contribution in [2.75, 3.05) is 0 Å². The van der Waals surface area contributed by atoms with Gasteiger partial charge in [-0.15, -0.1) is 11.3 Å². The minimum Gasteiger partial charge on any atom is -0.391 e. The van der Waals surface area contributed by atoms with E-state index in [0.29, 0.717) is 25.6 Å². The van der Waals surface area contributed by atoms with Gasteiger partial charge in [-0.2, -0.15) is 0 Å². The van der Waals surface area contributed by atoms with Crippen LogP contribution in [-0.4, -0.2) is 10.1 Å². The molecule has 84 valence electrons. The second kappa shape index (κ2) is 4.67. The first kappa shape index (κ1) is 11.8. The molecule has 0 saturated heterocycles. The van der Waals surface area contributed by atoms with Crippen molar-refractivity contribution < 1.29 is 9.50 Å². The normalized spacial score (nSPS) is 10.8. The number of benzene rings is 1. The van der Waals surface area contributed by atoms with Crippen LogP contribution in [0.5, 0.6) is 0 Å². The predicted molar refractivity (Wildman–Crippen MR) is 63.5 cm³/mol. The van der Waals surface area contributed by atoms with Crippen molar-refractivity contribution in [1.82, 2.24) is 4.98 Å². The van der Waals surface area contributed by atoms with Gasteiger partial charge in [-0.05, 0) is 18.2 Å². The third kappa shape index (κ3) is 2.20. The summed E-state index contributed by atoms with van der Waals surface area (Å²) in [5.41, 5.74) is 0.871. The topological polar surface area (TPSA) is 33.1 Å². The summed E-state index contributed by atoms with van der Waals surface area (Å²) in [4.78, 5) is 4.59. The van der Waals surface area contributed by atoms with Gasteiger partial charge in [0.05, 0.1) is 22.2 Å². The van der Waals surface area contributed by atoms with Crippen molar-refractivity contribution in [1.29, 1.82) is 0 Å². The first-order valence-electron chi connectivity index (χ1n) is 4.33. The van der Waals surface area contributed by atoms with E-state index >= 15 is 0 Å². The molecule has 16 heavy (non-hydrogen) atoms. The molecule has 2 rings (SSSR count). The van der Waals surface area contributed by atoms with Gasteiger partial charge < -0.3 is 5.11 Å². The van der Waals surface area contributed by atoms with E-state index in [1.807, 2.05) is 0 Å². The van der Waals surface area contributed by atoms with E-state index in [9.17, 15) is 4.39 Å². The van der Waals surface area contributed by atoms with Crippen molar-refractivity contribution in [2.24, 2.45) is 0 Å². The Kier molecular flexibility index (Phi) is 3.44. The molecule has 0 spiro atoms. The van der Waals surface area contributed by atoms with Crippen molar-refractivity contribution in [2.45, 2.75) is 6.61 Å². The zero-order valence-corrected chi connectivity index (χ0v) is 10.2. The fourth-order valence-electron chi connectivity index (χ4n) is 1.32. The van der Waals surface area contributed by atoms with Gasteiger partial charge in [0.1, 0.15) is 5.82 Å². The summed E-state index contributed by atoms with van der Waals surface area (Å²) in [6.07, 6.45) is 0. The molecule has 1 N–H and O–H groups in total. The Bertz CT molecular complexity index is 530. The van der Waals surface area contributed by atoms with Crippen LogP contribution in [0.15, 0.2) is 18.2 Å². The number of halogens is 3. The highest BCUT2D eigenvalue weighted by molar-refractivity contribution is 7.16. The van der Waals surface area contributed by atoms with Gasteiger partial charge in [0.2, 0.25) is 0 Å². The highest BCUT2D eigenvalue weighted by Gasteiger charge is 2.14. The van der Waals surface area contributed by atoms with E-state index < -0.39 is 5.82 Å². The number of nitrogens with zero attached hydrogens (tertiary/aromatic N) is 1. The maximum Gasteiger partial charge on any atom is 0.184 e. The van der Waals surface area contributed by atoms with Crippen LogP contribution in [0.1, 0.15) is 4.88 Å². The molecular formula is C10H6Cl2FNOS. The van der Waals surface area contributed by atoms with Gasteiger partial charge in [-0.1, -0.05) is 23.2 Å². The first-order chi connectivity index (χ1) is 7.61. The molecule has 1 heterocycles. The standard InChI is InChI=1S/C10H6Cl2FNOS/c11-7-2-1-5(13)3-6(7)9-8(4-15)16-10(12)14-9/h1-3,15H,4H2. The summed E-state index contributed by atoms with van der Waals surface area (Å²) in [5, 5.41) is 9.50.